The zero-order valence-electron chi connectivity index (χ0n) is 15.4. The third-order valence-electron chi connectivity index (χ3n) is 4.92. The molecule has 7 heteroatoms. The van der Waals surface area contributed by atoms with Gasteiger partial charge in [-0.2, -0.15) is 0 Å². The maximum absolute atomic E-state index is 12.8. The molecule has 148 valence electrons. The molecule has 0 aliphatic carbocycles. The van der Waals surface area contributed by atoms with Gasteiger partial charge in [-0.1, -0.05) is 18.2 Å². The van der Waals surface area contributed by atoms with Crippen molar-refractivity contribution in [3.05, 3.63) is 60.4 Å². The number of pyridine rings is 2. The van der Waals surface area contributed by atoms with E-state index in [4.69, 9.17) is 4.98 Å². The molecule has 28 heavy (non-hydrogen) atoms. The standard InChI is InChI=1S/C21H22N4O.2ClH/c26-21(24-11-8-15-7-10-23-13-15)18-12-20(16-4-3-9-22-14-16)25-19-6-2-1-5-17(18)19;;/h1-6,9,12,14-15,23H,7-8,10-11,13H2,(H,24,26);2*1H. The van der Waals surface area contributed by atoms with Gasteiger partial charge in [-0.15, -0.1) is 24.8 Å². The highest BCUT2D eigenvalue weighted by Crippen LogP contribution is 2.24. The van der Waals surface area contributed by atoms with Gasteiger partial charge in [-0.25, -0.2) is 4.98 Å². The van der Waals surface area contributed by atoms with E-state index in [1.165, 1.54) is 6.42 Å². The summed E-state index contributed by atoms with van der Waals surface area (Å²) in [6, 6.07) is 13.5. The van der Waals surface area contributed by atoms with Gasteiger partial charge in [0.05, 0.1) is 16.8 Å². The van der Waals surface area contributed by atoms with Crippen LogP contribution in [0.4, 0.5) is 0 Å². The largest absolute Gasteiger partial charge is 0.352 e. The van der Waals surface area contributed by atoms with E-state index in [-0.39, 0.29) is 30.7 Å². The molecule has 0 bridgehead atoms. The van der Waals surface area contributed by atoms with Crippen molar-refractivity contribution in [1.29, 1.82) is 0 Å². The summed E-state index contributed by atoms with van der Waals surface area (Å²) in [4.78, 5) is 21.7. The first-order valence-corrected chi connectivity index (χ1v) is 9.10. The number of benzene rings is 1. The van der Waals surface area contributed by atoms with Crippen molar-refractivity contribution in [2.24, 2.45) is 5.92 Å². The van der Waals surface area contributed by atoms with Gasteiger partial charge in [0.2, 0.25) is 0 Å². The predicted octanol–water partition coefficient (Wildman–Crippen LogP) is 3.87. The number of carbonyl (C=O) groups is 1. The Bertz CT molecular complexity index is 915. The average Bonchev–Trinajstić information content (AvgIpc) is 3.21. The number of rotatable bonds is 5. The first-order chi connectivity index (χ1) is 12.8. The number of aromatic nitrogens is 2. The molecule has 1 aliphatic heterocycles. The van der Waals surface area contributed by atoms with Crippen LogP contribution in [0.5, 0.6) is 0 Å². The summed E-state index contributed by atoms with van der Waals surface area (Å²) >= 11 is 0. The molecular formula is C21H24Cl2N4O. The Morgan fingerprint density at radius 3 is 2.79 bits per heavy atom. The second kappa shape index (κ2) is 10.4. The average molecular weight is 419 g/mol. The summed E-state index contributed by atoms with van der Waals surface area (Å²) in [6.45, 7) is 2.84. The molecule has 2 aromatic heterocycles. The van der Waals surface area contributed by atoms with Gasteiger partial charge in [-0.05, 0) is 56.1 Å². The van der Waals surface area contributed by atoms with Crippen molar-refractivity contribution >= 4 is 41.6 Å². The molecule has 0 saturated carbocycles. The molecule has 2 N–H and O–H groups in total. The molecule has 0 radical (unpaired) electrons. The van der Waals surface area contributed by atoms with Crippen LogP contribution in [0.25, 0.3) is 22.2 Å². The number of hydrogen-bond acceptors (Lipinski definition) is 4. The molecule has 1 atom stereocenters. The van der Waals surface area contributed by atoms with Crippen LogP contribution in [-0.2, 0) is 0 Å². The molecule has 1 saturated heterocycles. The number of hydrogen-bond donors (Lipinski definition) is 2. The molecule has 5 nitrogen and oxygen atoms in total. The van der Waals surface area contributed by atoms with Crippen LogP contribution in [0.3, 0.4) is 0 Å². The lowest BCUT2D eigenvalue weighted by atomic mass is 10.0. The summed E-state index contributed by atoms with van der Waals surface area (Å²) < 4.78 is 0. The minimum Gasteiger partial charge on any atom is -0.352 e. The zero-order valence-corrected chi connectivity index (χ0v) is 17.1. The van der Waals surface area contributed by atoms with E-state index in [9.17, 15) is 4.79 Å². The minimum atomic E-state index is -0.0419. The van der Waals surface area contributed by atoms with Gasteiger partial charge in [0.15, 0.2) is 0 Å². The van der Waals surface area contributed by atoms with E-state index in [0.29, 0.717) is 18.0 Å². The van der Waals surface area contributed by atoms with E-state index in [1.807, 2.05) is 42.5 Å². The van der Waals surface area contributed by atoms with Crippen LogP contribution >= 0.6 is 24.8 Å². The van der Waals surface area contributed by atoms with Crippen molar-refractivity contribution < 1.29 is 4.79 Å². The second-order valence-electron chi connectivity index (χ2n) is 6.72. The van der Waals surface area contributed by atoms with Crippen LogP contribution in [0.1, 0.15) is 23.2 Å². The van der Waals surface area contributed by atoms with E-state index >= 15 is 0 Å². The summed E-state index contributed by atoms with van der Waals surface area (Å²) in [7, 11) is 0. The lowest BCUT2D eigenvalue weighted by Gasteiger charge is -2.12. The molecule has 1 amide bonds. The number of halogens is 2. The fourth-order valence-corrected chi connectivity index (χ4v) is 3.47. The smallest absolute Gasteiger partial charge is 0.252 e. The Morgan fingerprint density at radius 1 is 1.18 bits per heavy atom. The van der Waals surface area contributed by atoms with E-state index in [2.05, 4.69) is 15.6 Å². The maximum atomic E-state index is 12.8. The maximum Gasteiger partial charge on any atom is 0.252 e. The summed E-state index contributed by atoms with van der Waals surface area (Å²) in [6.07, 6.45) is 5.71. The lowest BCUT2D eigenvalue weighted by molar-refractivity contribution is 0.0953. The van der Waals surface area contributed by atoms with E-state index in [0.717, 1.165) is 41.7 Å². The highest BCUT2D eigenvalue weighted by molar-refractivity contribution is 6.07. The highest BCUT2D eigenvalue weighted by atomic mass is 35.5. The Kier molecular flexibility index (Phi) is 8.18. The Hall–Kier alpha value is -2.21. The second-order valence-corrected chi connectivity index (χ2v) is 6.72. The minimum absolute atomic E-state index is 0. The molecule has 1 aliphatic rings. The number of amides is 1. The number of nitrogens with one attached hydrogen (secondary N) is 2. The number of para-hydroxylation sites is 1. The highest BCUT2D eigenvalue weighted by Gasteiger charge is 2.16. The molecule has 3 aromatic rings. The van der Waals surface area contributed by atoms with Crippen molar-refractivity contribution in [3.8, 4) is 11.3 Å². The van der Waals surface area contributed by atoms with Crippen molar-refractivity contribution in [2.75, 3.05) is 19.6 Å². The van der Waals surface area contributed by atoms with Gasteiger partial charge in [0, 0.05) is 29.9 Å². The van der Waals surface area contributed by atoms with Gasteiger partial charge in [-0.3, -0.25) is 9.78 Å². The van der Waals surface area contributed by atoms with Gasteiger partial charge < -0.3 is 10.6 Å². The Labute approximate surface area is 177 Å². The Morgan fingerprint density at radius 2 is 2.04 bits per heavy atom. The van der Waals surface area contributed by atoms with Crippen LogP contribution in [0, 0.1) is 5.92 Å². The number of nitrogens with zero attached hydrogens (tertiary/aromatic N) is 2. The monoisotopic (exact) mass is 418 g/mol. The zero-order chi connectivity index (χ0) is 17.8. The normalized spacial score (nSPS) is 15.5. The molecule has 1 unspecified atom stereocenters. The van der Waals surface area contributed by atoms with Crippen molar-refractivity contribution in [1.82, 2.24) is 20.6 Å². The van der Waals surface area contributed by atoms with Gasteiger partial charge in [0.1, 0.15) is 0 Å². The topological polar surface area (TPSA) is 66.9 Å². The SMILES string of the molecule is Cl.Cl.O=C(NCCC1CCNC1)c1cc(-c2cccnc2)nc2ccccc12. The molecule has 0 spiro atoms. The fraction of sp³-hybridized carbons (Fsp3) is 0.286. The van der Waals surface area contributed by atoms with Gasteiger partial charge in [0.25, 0.3) is 5.91 Å². The molecule has 1 aromatic carbocycles. The first kappa shape index (κ1) is 22.1. The molecule has 3 heterocycles. The molecule has 1 fully saturated rings. The molecule has 4 rings (SSSR count). The van der Waals surface area contributed by atoms with E-state index in [1.54, 1.807) is 12.4 Å². The van der Waals surface area contributed by atoms with Crippen LogP contribution in [0.15, 0.2) is 54.9 Å². The van der Waals surface area contributed by atoms with Gasteiger partial charge >= 0.3 is 0 Å². The predicted molar refractivity (Wildman–Crippen MR) is 117 cm³/mol. The summed E-state index contributed by atoms with van der Waals surface area (Å²) in [5, 5.41) is 7.33. The van der Waals surface area contributed by atoms with Crippen molar-refractivity contribution in [3.63, 3.8) is 0 Å². The number of carbonyl (C=O) groups excluding carboxylic acids is 1. The Balaban J connectivity index is 0.00000140. The summed E-state index contributed by atoms with van der Waals surface area (Å²) in [5.41, 5.74) is 3.16. The third-order valence-corrected chi connectivity index (χ3v) is 4.92. The quantitative estimate of drug-likeness (QED) is 0.659. The molecular weight excluding hydrogens is 395 g/mol. The number of fused-ring (bicyclic) bond motifs is 1. The lowest BCUT2D eigenvalue weighted by Crippen LogP contribution is -2.26. The summed E-state index contributed by atoms with van der Waals surface area (Å²) in [5.74, 6) is 0.620. The fourth-order valence-electron chi connectivity index (χ4n) is 3.47. The first-order valence-electron chi connectivity index (χ1n) is 9.10. The third kappa shape index (κ3) is 4.98. The van der Waals surface area contributed by atoms with Crippen LogP contribution < -0.4 is 10.6 Å². The van der Waals surface area contributed by atoms with Crippen molar-refractivity contribution in [2.45, 2.75) is 12.8 Å². The van der Waals surface area contributed by atoms with Crippen LogP contribution in [0.2, 0.25) is 0 Å². The van der Waals surface area contributed by atoms with E-state index < -0.39 is 0 Å². The van der Waals surface area contributed by atoms with Crippen LogP contribution in [-0.4, -0.2) is 35.5 Å².